The lowest BCUT2D eigenvalue weighted by molar-refractivity contribution is -0.144. The van der Waals surface area contributed by atoms with Gasteiger partial charge in [-0.2, -0.15) is 0 Å². The number of anilines is 1. The largest absolute Gasteiger partial charge is 0.391 e. The van der Waals surface area contributed by atoms with E-state index in [1.165, 1.54) is 4.90 Å². The molecule has 19 heteroatoms. The molecule has 3 aromatic heterocycles. The molecule has 8 rings (SSSR count). The molecule has 84 heavy (non-hydrogen) atoms. The number of hydrogen-bond acceptors (Lipinski definition) is 13. The third kappa shape index (κ3) is 18.7. The summed E-state index contributed by atoms with van der Waals surface area (Å²) in [5.74, 6) is 0.825. The van der Waals surface area contributed by atoms with Gasteiger partial charge in [-0.3, -0.25) is 38.7 Å². The van der Waals surface area contributed by atoms with Crippen LogP contribution in [0.3, 0.4) is 0 Å². The minimum Gasteiger partial charge on any atom is -0.391 e. The first-order chi connectivity index (χ1) is 40.6. The number of aryl methyl sites for hydroxylation is 1. The van der Waals surface area contributed by atoms with E-state index in [0.717, 1.165) is 169 Å². The number of hydrogen-bond donors (Lipinski definition) is 4. The van der Waals surface area contributed by atoms with Crippen LogP contribution in [0.25, 0.3) is 16.5 Å². The number of aliphatic hydroxyl groups excluding tert-OH is 1. The van der Waals surface area contributed by atoms with Crippen molar-refractivity contribution in [3.05, 3.63) is 101 Å². The van der Waals surface area contributed by atoms with Crippen LogP contribution >= 0.6 is 11.3 Å². The third-order valence-corrected chi connectivity index (χ3v) is 18.3. The fourth-order valence-electron chi connectivity index (χ4n) is 12.2. The van der Waals surface area contributed by atoms with Gasteiger partial charge in [0.15, 0.2) is 0 Å². The molecule has 4 aliphatic rings. The van der Waals surface area contributed by atoms with E-state index in [-0.39, 0.29) is 55.0 Å². The molecule has 0 aliphatic carbocycles. The van der Waals surface area contributed by atoms with Crippen LogP contribution in [0, 0.1) is 18.3 Å². The fraction of sp³-hybridized carbons (Fsp3) is 0.585. The Kier molecular flexibility index (Phi) is 23.8. The highest BCUT2D eigenvalue weighted by molar-refractivity contribution is 7.13. The standard InChI is InChI=1S/C65H91N11O7S/c1-47-60(84-46-70-47)51-22-19-50(20-23-51)43-69-62(81)55-41-54(77)45-76(55)64(83)61(65(2,3)4)71-58(79)17-10-8-6-5-7-9-11-18-59(80)74-39-37-72(38-40-74)53-29-35-73(36-30-53)56-25-24-52(44-68-56)63(82)75-33-27-48(28-34-75)15-12-13-32-67-57(78)26-21-49-16-14-31-66-42-49/h14,16,19-26,31,42,44,46,48,53-55,61,77H,5-13,15,17-18,27-30,32-41,43,45H2,1-4H3,(H,67,78)(H,69,81)(H,71,79)/b26-21+/t54-,55+,61-/m1/s1. The molecule has 18 nitrogen and oxygen atoms in total. The molecule has 3 atom stereocenters. The number of aliphatic hydroxyl groups is 1. The van der Waals surface area contributed by atoms with Crippen LogP contribution in [-0.2, 0) is 30.5 Å². The quantitative estimate of drug-likeness (QED) is 0.0346. The highest BCUT2D eigenvalue weighted by atomic mass is 32.1. The smallest absolute Gasteiger partial charge is 0.255 e. The van der Waals surface area contributed by atoms with Crippen LogP contribution in [0.4, 0.5) is 5.82 Å². The molecule has 4 fully saturated rings. The third-order valence-electron chi connectivity index (χ3n) is 17.3. The molecule has 0 radical (unpaired) electrons. The molecule has 0 unspecified atom stereocenters. The summed E-state index contributed by atoms with van der Waals surface area (Å²) < 4.78 is 0. The molecule has 4 saturated heterocycles. The van der Waals surface area contributed by atoms with E-state index in [1.54, 1.807) is 42.1 Å². The average molecular weight is 1170 g/mol. The highest BCUT2D eigenvalue weighted by Crippen LogP contribution is 2.30. The Labute approximate surface area is 501 Å². The summed E-state index contributed by atoms with van der Waals surface area (Å²) in [7, 11) is 0. The second-order valence-corrected chi connectivity index (χ2v) is 25.5. The zero-order valence-electron chi connectivity index (χ0n) is 50.2. The van der Waals surface area contributed by atoms with Crippen LogP contribution in [-0.4, -0.2) is 165 Å². The van der Waals surface area contributed by atoms with Crippen molar-refractivity contribution in [2.45, 2.75) is 168 Å². The molecule has 6 amide bonds. The van der Waals surface area contributed by atoms with E-state index in [1.807, 2.05) is 91.5 Å². The zero-order chi connectivity index (χ0) is 59.4. The lowest BCUT2D eigenvalue weighted by Crippen LogP contribution is -2.57. The van der Waals surface area contributed by atoms with E-state index >= 15 is 0 Å². The molecule has 0 saturated carbocycles. The summed E-state index contributed by atoms with van der Waals surface area (Å²) >= 11 is 1.58. The highest BCUT2D eigenvalue weighted by Gasteiger charge is 2.44. The number of aromatic nitrogens is 3. The number of benzene rings is 1. The minimum atomic E-state index is -0.856. The van der Waals surface area contributed by atoms with Gasteiger partial charge < -0.3 is 40.7 Å². The molecule has 1 aromatic carbocycles. The van der Waals surface area contributed by atoms with Crippen molar-refractivity contribution in [3.63, 3.8) is 0 Å². The zero-order valence-corrected chi connectivity index (χ0v) is 51.0. The van der Waals surface area contributed by atoms with E-state index in [4.69, 9.17) is 4.98 Å². The van der Waals surface area contributed by atoms with E-state index in [0.29, 0.717) is 43.3 Å². The Bertz CT molecular complexity index is 2780. The van der Waals surface area contributed by atoms with Gasteiger partial charge in [-0.15, -0.1) is 11.3 Å². The van der Waals surface area contributed by atoms with Gasteiger partial charge in [-0.25, -0.2) is 9.97 Å². The Hall–Kier alpha value is -6.57. The Morgan fingerprint density at radius 1 is 0.762 bits per heavy atom. The minimum absolute atomic E-state index is 0.0303. The summed E-state index contributed by atoms with van der Waals surface area (Å²) in [5.41, 5.74) is 5.69. The topological polar surface area (TPSA) is 214 Å². The lowest BCUT2D eigenvalue weighted by atomic mass is 9.85. The number of rotatable bonds is 26. The number of β-amino-alcohol motifs (C(OH)–C–C–N with tert-alkyl or cyclic N) is 1. The SMILES string of the molecule is Cc1ncsc1-c1ccc(CNC(=O)[C@@H]2C[C@@H](O)CN2C(=O)[C@@H](NC(=O)CCCCCCCCCC(=O)N2CCN(C3CCN(c4ccc(C(=O)N5CCC(CCCCNC(=O)/C=C/c6cccnc6)CC5)cn4)CC3)CC2)C(C)(C)C)cc1. The van der Waals surface area contributed by atoms with E-state index in [9.17, 15) is 33.9 Å². The van der Waals surface area contributed by atoms with E-state index in [2.05, 4.69) is 35.7 Å². The average Bonchev–Trinajstić information content (AvgIpc) is 3.59. The number of piperidine rings is 2. The van der Waals surface area contributed by atoms with Gasteiger partial charge in [0.2, 0.25) is 29.5 Å². The number of nitrogens with one attached hydrogen (secondary N) is 3. The molecule has 4 aliphatic heterocycles. The summed E-state index contributed by atoms with van der Waals surface area (Å²) in [4.78, 5) is 104. The van der Waals surface area contributed by atoms with Gasteiger partial charge in [0, 0.05) is 122 Å². The molecule has 454 valence electrons. The van der Waals surface area contributed by atoms with Crippen molar-refractivity contribution in [1.29, 1.82) is 0 Å². The molecular formula is C65H91N11O7S. The van der Waals surface area contributed by atoms with Gasteiger partial charge in [0.1, 0.15) is 17.9 Å². The second-order valence-electron chi connectivity index (χ2n) is 24.6. The number of pyridine rings is 2. The summed E-state index contributed by atoms with van der Waals surface area (Å²) in [6.07, 6.45) is 22.4. The maximum absolute atomic E-state index is 14.1. The van der Waals surface area contributed by atoms with Gasteiger partial charge in [-0.05, 0) is 104 Å². The Morgan fingerprint density at radius 3 is 2.13 bits per heavy atom. The first-order valence-electron chi connectivity index (χ1n) is 31.0. The summed E-state index contributed by atoms with van der Waals surface area (Å²) in [5, 5.41) is 19.5. The van der Waals surface area contributed by atoms with Crippen LogP contribution in [0.5, 0.6) is 0 Å². The number of amides is 6. The maximum Gasteiger partial charge on any atom is 0.255 e. The predicted molar refractivity (Wildman–Crippen MR) is 330 cm³/mol. The van der Waals surface area contributed by atoms with Crippen LogP contribution in [0.15, 0.2) is 78.7 Å². The summed E-state index contributed by atoms with van der Waals surface area (Å²) in [6.45, 7) is 15.3. The van der Waals surface area contributed by atoms with Crippen molar-refractivity contribution in [3.8, 4) is 10.4 Å². The number of carbonyl (C=O) groups is 6. The van der Waals surface area contributed by atoms with Crippen LogP contribution in [0.1, 0.15) is 157 Å². The molecule has 0 bridgehead atoms. The van der Waals surface area contributed by atoms with Crippen molar-refractivity contribution in [2.24, 2.45) is 11.3 Å². The first kappa shape index (κ1) is 63.5. The number of nitrogens with zero attached hydrogens (tertiary/aromatic N) is 8. The predicted octanol–water partition coefficient (Wildman–Crippen LogP) is 8.19. The first-order valence-corrected chi connectivity index (χ1v) is 31.9. The molecule has 0 spiro atoms. The number of unbranched alkanes of at least 4 members (excludes halogenated alkanes) is 7. The fourth-order valence-corrected chi connectivity index (χ4v) is 13.0. The molecule has 4 aromatic rings. The maximum atomic E-state index is 14.1. The Balaban J connectivity index is 0.633. The molecule has 4 N–H and O–H groups in total. The van der Waals surface area contributed by atoms with Gasteiger partial charge in [0.25, 0.3) is 5.91 Å². The van der Waals surface area contributed by atoms with Gasteiger partial charge in [0.05, 0.1) is 27.7 Å². The van der Waals surface area contributed by atoms with E-state index < -0.39 is 23.6 Å². The van der Waals surface area contributed by atoms with Gasteiger partial charge in [-0.1, -0.05) is 96.0 Å². The number of likely N-dealkylation sites (tertiary alicyclic amines) is 2. The number of thiazole rings is 1. The van der Waals surface area contributed by atoms with Crippen molar-refractivity contribution in [2.75, 3.05) is 70.3 Å². The Morgan fingerprint density at radius 2 is 1.48 bits per heavy atom. The van der Waals surface area contributed by atoms with Gasteiger partial charge >= 0.3 is 0 Å². The lowest BCUT2D eigenvalue weighted by Gasteiger charge is -2.43. The van der Waals surface area contributed by atoms with Crippen molar-refractivity contribution >= 4 is 58.7 Å². The second kappa shape index (κ2) is 31.5. The molecular weight excluding hydrogens is 1080 g/mol. The monoisotopic (exact) mass is 1170 g/mol. The van der Waals surface area contributed by atoms with Crippen molar-refractivity contribution < 1.29 is 33.9 Å². The summed E-state index contributed by atoms with van der Waals surface area (Å²) in [6, 6.07) is 14.4. The van der Waals surface area contributed by atoms with Crippen LogP contribution < -0.4 is 20.9 Å². The number of carbonyl (C=O) groups excluding carboxylic acids is 6. The van der Waals surface area contributed by atoms with Crippen molar-refractivity contribution in [1.82, 2.24) is 50.5 Å². The van der Waals surface area contributed by atoms with Crippen LogP contribution in [0.2, 0.25) is 0 Å². The normalized spacial score (nSPS) is 18.7. The molecule has 7 heterocycles. The number of piperazine rings is 1.